The van der Waals surface area contributed by atoms with Crippen LogP contribution in [0.1, 0.15) is 18.9 Å². The van der Waals surface area contributed by atoms with Crippen molar-refractivity contribution in [1.29, 1.82) is 0 Å². The Morgan fingerprint density at radius 1 is 1.57 bits per heavy atom. The van der Waals surface area contributed by atoms with E-state index in [-0.39, 0.29) is 11.3 Å². The maximum Gasteiger partial charge on any atom is 0.313 e. The third-order valence-electron chi connectivity index (χ3n) is 3.84. The Morgan fingerprint density at radius 3 is 3.05 bits per heavy atom. The normalized spacial score (nSPS) is 22.0. The fourth-order valence-corrected chi connectivity index (χ4v) is 3.61. The highest BCUT2D eigenvalue weighted by Crippen LogP contribution is 2.36. The van der Waals surface area contributed by atoms with Gasteiger partial charge in [0.25, 0.3) is 0 Å². The molecule has 3 rings (SSSR count). The lowest BCUT2D eigenvalue weighted by Gasteiger charge is -2.26. The molecular weight excluding hydrogens is 288 g/mol. The van der Waals surface area contributed by atoms with Crippen LogP contribution in [-0.4, -0.2) is 39.6 Å². The number of benzene rings is 1. The molecule has 1 saturated heterocycles. The number of aryl methyl sites for hydroxylation is 1. The first kappa shape index (κ1) is 14.4. The van der Waals surface area contributed by atoms with Crippen LogP contribution < -0.4 is 0 Å². The Hall–Kier alpha value is -1.53. The molecule has 0 spiro atoms. The van der Waals surface area contributed by atoms with Crippen molar-refractivity contribution >= 4 is 28.8 Å². The number of hydrogen-bond acceptors (Lipinski definition) is 4. The topological polar surface area (TPSA) is 64.3 Å². The van der Waals surface area contributed by atoms with E-state index in [0.717, 1.165) is 34.8 Å². The van der Waals surface area contributed by atoms with Gasteiger partial charge in [0.05, 0.1) is 28.9 Å². The molecule has 21 heavy (non-hydrogen) atoms. The Morgan fingerprint density at radius 2 is 2.38 bits per heavy atom. The van der Waals surface area contributed by atoms with Crippen LogP contribution in [0.3, 0.4) is 0 Å². The molecule has 1 aliphatic heterocycles. The van der Waals surface area contributed by atoms with Crippen LogP contribution >= 0.6 is 11.8 Å². The fraction of sp³-hybridized carbons (Fsp3) is 0.467. The predicted octanol–water partition coefficient (Wildman–Crippen LogP) is 2.66. The van der Waals surface area contributed by atoms with Gasteiger partial charge in [0.2, 0.25) is 0 Å². The maximum absolute atomic E-state index is 10.9. The molecule has 1 aromatic carbocycles. The number of ether oxygens (including phenoxy) is 1. The van der Waals surface area contributed by atoms with Crippen LogP contribution in [-0.2, 0) is 15.1 Å². The van der Waals surface area contributed by atoms with Crippen molar-refractivity contribution in [3.8, 4) is 0 Å². The van der Waals surface area contributed by atoms with Crippen LogP contribution in [0.25, 0.3) is 11.0 Å². The molecule has 0 bridgehead atoms. The van der Waals surface area contributed by atoms with E-state index >= 15 is 0 Å². The summed E-state index contributed by atoms with van der Waals surface area (Å²) >= 11 is 1.27. The van der Waals surface area contributed by atoms with Crippen molar-refractivity contribution in [2.24, 2.45) is 0 Å². The number of hydrogen-bond donors (Lipinski definition) is 1. The first-order valence-electron chi connectivity index (χ1n) is 6.91. The molecule has 5 nitrogen and oxygen atoms in total. The van der Waals surface area contributed by atoms with E-state index < -0.39 is 5.97 Å². The van der Waals surface area contributed by atoms with Crippen LogP contribution in [0.2, 0.25) is 0 Å². The lowest BCUT2D eigenvalue weighted by atomic mass is 10.0. The van der Waals surface area contributed by atoms with Crippen LogP contribution in [0.15, 0.2) is 23.4 Å². The average molecular weight is 306 g/mol. The molecule has 0 saturated carbocycles. The molecule has 1 aromatic heterocycles. The van der Waals surface area contributed by atoms with Crippen molar-refractivity contribution < 1.29 is 14.6 Å². The summed E-state index contributed by atoms with van der Waals surface area (Å²) < 4.78 is 7.72. The molecule has 0 radical (unpaired) electrons. The minimum absolute atomic E-state index is 0.0131. The molecule has 1 aliphatic rings. The molecule has 0 amide bonds. The summed E-state index contributed by atoms with van der Waals surface area (Å²) in [4.78, 5) is 15.5. The van der Waals surface area contributed by atoms with E-state index in [2.05, 4.69) is 28.6 Å². The van der Waals surface area contributed by atoms with Gasteiger partial charge in [-0.15, -0.1) is 0 Å². The number of aromatic nitrogens is 2. The van der Waals surface area contributed by atoms with Gasteiger partial charge in [-0.25, -0.2) is 4.98 Å². The molecule has 1 N–H and O–H groups in total. The third-order valence-corrected chi connectivity index (χ3v) is 4.77. The monoisotopic (exact) mass is 306 g/mol. The van der Waals surface area contributed by atoms with E-state index in [1.165, 1.54) is 11.8 Å². The van der Waals surface area contributed by atoms with Crippen molar-refractivity contribution in [1.82, 2.24) is 9.55 Å². The fourth-order valence-electron chi connectivity index (χ4n) is 2.75. The summed E-state index contributed by atoms with van der Waals surface area (Å²) in [7, 11) is 0. The van der Waals surface area contributed by atoms with Crippen LogP contribution in [0.4, 0.5) is 0 Å². The first-order valence-corrected chi connectivity index (χ1v) is 7.90. The molecule has 1 unspecified atom stereocenters. The Balaban J connectivity index is 2.13. The van der Waals surface area contributed by atoms with Gasteiger partial charge in [-0.3, -0.25) is 4.79 Å². The Kier molecular flexibility index (Phi) is 3.67. The number of carbonyl (C=O) groups is 1. The molecule has 2 heterocycles. The summed E-state index contributed by atoms with van der Waals surface area (Å²) in [6, 6.07) is 6.16. The largest absolute Gasteiger partial charge is 0.481 e. The summed E-state index contributed by atoms with van der Waals surface area (Å²) in [6.45, 7) is 5.53. The second-order valence-electron chi connectivity index (χ2n) is 5.70. The number of aliphatic carboxylic acids is 1. The molecule has 6 heteroatoms. The minimum atomic E-state index is -0.831. The zero-order valence-corrected chi connectivity index (χ0v) is 12.9. The third kappa shape index (κ3) is 2.65. The molecule has 112 valence electrons. The molecule has 1 atom stereocenters. The predicted molar refractivity (Wildman–Crippen MR) is 81.9 cm³/mol. The number of imidazole rings is 1. The van der Waals surface area contributed by atoms with Gasteiger partial charge >= 0.3 is 5.97 Å². The number of fused-ring (bicyclic) bond motifs is 1. The van der Waals surface area contributed by atoms with Gasteiger partial charge in [0.1, 0.15) is 0 Å². The van der Waals surface area contributed by atoms with Crippen molar-refractivity contribution in [2.45, 2.75) is 31.0 Å². The van der Waals surface area contributed by atoms with E-state index in [4.69, 9.17) is 9.84 Å². The summed E-state index contributed by atoms with van der Waals surface area (Å²) in [6.07, 6.45) is 0.910. The molecule has 2 aromatic rings. The Labute approximate surface area is 127 Å². The number of carboxylic acids is 1. The highest BCUT2D eigenvalue weighted by Gasteiger charge is 2.35. The number of rotatable bonds is 4. The van der Waals surface area contributed by atoms with E-state index in [9.17, 15) is 4.79 Å². The van der Waals surface area contributed by atoms with Gasteiger partial charge in [0.15, 0.2) is 5.16 Å². The molecule has 1 fully saturated rings. The standard InChI is InChI=1S/C15H18N2O3S/c1-10-3-4-12-11(7-10)16-14(21-8-13(18)19)17(12)15(2)5-6-20-9-15/h3-4,7H,5-6,8-9H2,1-2H3,(H,18,19). The number of nitrogens with zero attached hydrogens (tertiary/aromatic N) is 2. The second kappa shape index (κ2) is 5.35. The zero-order valence-electron chi connectivity index (χ0n) is 12.1. The van der Waals surface area contributed by atoms with Crippen molar-refractivity contribution in [2.75, 3.05) is 19.0 Å². The number of carboxylic acid groups (broad SMARTS) is 1. The van der Waals surface area contributed by atoms with E-state index in [0.29, 0.717) is 6.61 Å². The highest BCUT2D eigenvalue weighted by molar-refractivity contribution is 7.99. The minimum Gasteiger partial charge on any atom is -0.481 e. The van der Waals surface area contributed by atoms with Gasteiger partial charge in [-0.1, -0.05) is 17.8 Å². The zero-order chi connectivity index (χ0) is 15.0. The molecular formula is C15H18N2O3S. The van der Waals surface area contributed by atoms with E-state index in [1.54, 1.807) is 0 Å². The first-order chi connectivity index (χ1) is 9.99. The SMILES string of the molecule is Cc1ccc2c(c1)nc(SCC(=O)O)n2C1(C)CCOC1. The number of thioether (sulfide) groups is 1. The maximum atomic E-state index is 10.9. The average Bonchev–Trinajstić information content (AvgIpc) is 3.00. The quantitative estimate of drug-likeness (QED) is 0.880. The summed E-state index contributed by atoms with van der Waals surface area (Å²) in [5.74, 6) is -0.818. The van der Waals surface area contributed by atoms with Gasteiger partial charge in [-0.2, -0.15) is 0 Å². The van der Waals surface area contributed by atoms with Crippen LogP contribution in [0, 0.1) is 6.92 Å². The van der Waals surface area contributed by atoms with Crippen molar-refractivity contribution in [3.63, 3.8) is 0 Å². The van der Waals surface area contributed by atoms with Crippen molar-refractivity contribution in [3.05, 3.63) is 23.8 Å². The highest BCUT2D eigenvalue weighted by atomic mass is 32.2. The smallest absolute Gasteiger partial charge is 0.313 e. The van der Waals surface area contributed by atoms with Gasteiger partial charge in [-0.05, 0) is 38.0 Å². The molecule has 0 aliphatic carbocycles. The Bertz CT molecular complexity index is 690. The summed E-state index contributed by atoms with van der Waals surface area (Å²) in [5, 5.41) is 9.69. The van der Waals surface area contributed by atoms with E-state index in [1.807, 2.05) is 13.0 Å². The lowest BCUT2D eigenvalue weighted by Crippen LogP contribution is -2.31. The lowest BCUT2D eigenvalue weighted by molar-refractivity contribution is -0.133. The second-order valence-corrected chi connectivity index (χ2v) is 6.65. The van der Waals surface area contributed by atoms with Gasteiger partial charge < -0.3 is 14.4 Å². The van der Waals surface area contributed by atoms with Gasteiger partial charge in [0, 0.05) is 6.61 Å². The van der Waals surface area contributed by atoms with Crippen LogP contribution in [0.5, 0.6) is 0 Å². The summed E-state index contributed by atoms with van der Waals surface area (Å²) in [5.41, 5.74) is 2.94.